The number of alkyl halides is 2. The van der Waals surface area contributed by atoms with Crippen LogP contribution >= 0.6 is 22.1 Å². The minimum absolute atomic E-state index is 0.00987. The zero-order valence-electron chi connectivity index (χ0n) is 21.3. The molecule has 15 heteroatoms. The van der Waals surface area contributed by atoms with Gasteiger partial charge in [-0.25, -0.2) is 19.3 Å². The maximum Gasteiger partial charge on any atom is 0.387 e. The molecule has 5 rings (SSSR count). The summed E-state index contributed by atoms with van der Waals surface area (Å²) in [5.41, 5.74) is -0.898. The lowest BCUT2D eigenvalue weighted by Crippen LogP contribution is -2.56. The van der Waals surface area contributed by atoms with Crippen LogP contribution in [0.1, 0.15) is 45.6 Å². The lowest BCUT2D eigenvalue weighted by Gasteiger charge is -2.55. The first-order valence-electron chi connectivity index (χ1n) is 12.1. The van der Waals surface area contributed by atoms with Crippen LogP contribution in [0.15, 0.2) is 59.0 Å². The first-order chi connectivity index (χ1) is 19.0. The SMILES string of the molecule is CN1C(NC(=O)c2ccccc2)=NC(C)(c2nc(NC(=O)c3ccc(OC(F)F)cn3)cs2)C(C2CC2)S1(O)O. The molecular weight excluding hydrogens is 566 g/mol. The summed E-state index contributed by atoms with van der Waals surface area (Å²) in [6, 6.07) is 10.9. The van der Waals surface area contributed by atoms with Gasteiger partial charge in [0.1, 0.15) is 33.1 Å². The van der Waals surface area contributed by atoms with E-state index in [0.29, 0.717) is 10.6 Å². The number of thiazole rings is 1. The van der Waals surface area contributed by atoms with Crippen molar-refractivity contribution in [3.63, 3.8) is 0 Å². The molecule has 2 aromatic heterocycles. The second kappa shape index (κ2) is 10.7. The molecule has 1 fully saturated rings. The number of benzene rings is 1. The molecule has 1 aromatic carbocycles. The number of carbonyl (C=O) groups is 2. The number of hydrogen-bond acceptors (Lipinski definition) is 10. The average molecular weight is 593 g/mol. The molecule has 0 saturated heterocycles. The number of nitrogens with zero attached hydrogens (tertiary/aromatic N) is 4. The Hall–Kier alpha value is -3.66. The van der Waals surface area contributed by atoms with Crippen molar-refractivity contribution in [3.05, 3.63) is 70.3 Å². The molecule has 2 atom stereocenters. The molecule has 4 N–H and O–H groups in total. The molecule has 1 aliphatic carbocycles. The largest absolute Gasteiger partial charge is 0.433 e. The number of ether oxygens (including phenoxy) is 1. The van der Waals surface area contributed by atoms with Gasteiger partial charge < -0.3 is 10.1 Å². The summed E-state index contributed by atoms with van der Waals surface area (Å²) in [7, 11) is -1.97. The molecule has 0 radical (unpaired) electrons. The summed E-state index contributed by atoms with van der Waals surface area (Å²) in [4.78, 5) is 38.8. The summed E-state index contributed by atoms with van der Waals surface area (Å²) in [6.45, 7) is -1.27. The average Bonchev–Trinajstić information content (AvgIpc) is 3.62. The highest BCUT2D eigenvalue weighted by molar-refractivity contribution is 8.23. The number of nitrogens with one attached hydrogen (secondary N) is 2. The van der Waals surface area contributed by atoms with E-state index in [9.17, 15) is 27.5 Å². The van der Waals surface area contributed by atoms with Gasteiger partial charge in [-0.15, -0.1) is 22.1 Å². The Morgan fingerprint density at radius 3 is 2.50 bits per heavy atom. The summed E-state index contributed by atoms with van der Waals surface area (Å²) in [5, 5.41) is 6.60. The van der Waals surface area contributed by atoms with Crippen molar-refractivity contribution in [1.82, 2.24) is 19.6 Å². The predicted octanol–water partition coefficient (Wildman–Crippen LogP) is 4.78. The fraction of sp³-hybridized carbons (Fsp3) is 0.320. The van der Waals surface area contributed by atoms with Crippen LogP contribution < -0.4 is 15.4 Å². The van der Waals surface area contributed by atoms with Gasteiger partial charge in [0.2, 0.25) is 5.96 Å². The monoisotopic (exact) mass is 592 g/mol. The van der Waals surface area contributed by atoms with E-state index in [0.717, 1.165) is 19.0 Å². The Labute approximate surface area is 233 Å². The van der Waals surface area contributed by atoms with E-state index in [1.807, 2.05) is 0 Å². The first-order valence-corrected chi connectivity index (χ1v) is 14.6. The minimum Gasteiger partial charge on any atom is -0.433 e. The van der Waals surface area contributed by atoms with Crippen LogP contribution in [-0.2, 0) is 5.54 Å². The third-order valence-electron chi connectivity index (χ3n) is 6.62. The number of aromatic nitrogens is 2. The smallest absolute Gasteiger partial charge is 0.387 e. The molecule has 0 spiro atoms. The van der Waals surface area contributed by atoms with Gasteiger partial charge >= 0.3 is 6.61 Å². The van der Waals surface area contributed by atoms with Crippen molar-refractivity contribution in [2.75, 3.05) is 12.4 Å². The fourth-order valence-electron chi connectivity index (χ4n) is 4.55. The highest BCUT2D eigenvalue weighted by atomic mass is 32.3. The van der Waals surface area contributed by atoms with Gasteiger partial charge in [0.15, 0.2) is 0 Å². The fourth-order valence-corrected chi connectivity index (χ4v) is 7.77. The molecular formula is C25H26F2N6O5S2. The molecule has 3 aromatic rings. The van der Waals surface area contributed by atoms with Gasteiger partial charge in [-0.2, -0.15) is 8.78 Å². The Kier molecular flexibility index (Phi) is 7.48. The van der Waals surface area contributed by atoms with Crippen molar-refractivity contribution in [3.8, 4) is 5.75 Å². The molecule has 1 saturated carbocycles. The summed E-state index contributed by atoms with van der Waals surface area (Å²) in [5.74, 6) is -1.13. The number of halogens is 2. The van der Waals surface area contributed by atoms with Crippen molar-refractivity contribution in [1.29, 1.82) is 0 Å². The third-order valence-corrected chi connectivity index (χ3v) is 10.2. The molecule has 212 valence electrons. The molecule has 11 nitrogen and oxygen atoms in total. The zero-order chi connectivity index (χ0) is 28.7. The molecule has 2 amide bonds. The van der Waals surface area contributed by atoms with Gasteiger partial charge in [0.05, 0.1) is 6.20 Å². The van der Waals surface area contributed by atoms with Crippen molar-refractivity contribution < 1.29 is 32.2 Å². The van der Waals surface area contributed by atoms with Crippen molar-refractivity contribution >= 4 is 45.7 Å². The van der Waals surface area contributed by atoms with E-state index < -0.39 is 40.0 Å². The van der Waals surface area contributed by atoms with E-state index in [1.165, 1.54) is 34.8 Å². The van der Waals surface area contributed by atoms with Crippen LogP contribution in [-0.4, -0.2) is 60.1 Å². The number of amides is 2. The quantitative estimate of drug-likeness (QED) is 0.306. The standard InChI is InChI=1S/C25H26F2N6O5S2/c1-25(22-30-18(13-39-22)29-21(35)17-11-10-16(12-28-17)38-23(26)27)19(14-8-9-14)40(36,37)33(2)24(32-25)31-20(34)15-6-4-3-5-7-15/h3-7,10-14,19,23,36-37H,8-9H2,1-2H3,(H,29,35)(H,31,32,34). The van der Waals surface area contributed by atoms with Crippen LogP contribution in [0.25, 0.3) is 0 Å². The molecule has 1 aliphatic heterocycles. The van der Waals surface area contributed by atoms with Crippen molar-refractivity contribution in [2.45, 2.75) is 37.2 Å². The van der Waals surface area contributed by atoms with E-state index in [1.54, 1.807) is 42.6 Å². The second-order valence-electron chi connectivity index (χ2n) is 9.47. The lowest BCUT2D eigenvalue weighted by atomic mass is 9.95. The summed E-state index contributed by atoms with van der Waals surface area (Å²) < 4.78 is 53.0. The van der Waals surface area contributed by atoms with Crippen LogP contribution in [0.3, 0.4) is 0 Å². The van der Waals surface area contributed by atoms with Crippen LogP contribution in [0.4, 0.5) is 14.6 Å². The van der Waals surface area contributed by atoms with Crippen LogP contribution in [0.2, 0.25) is 0 Å². The number of pyridine rings is 1. The maximum atomic E-state index is 12.9. The number of rotatable bonds is 7. The Balaban J connectivity index is 1.42. The highest BCUT2D eigenvalue weighted by Crippen LogP contribution is 2.64. The summed E-state index contributed by atoms with van der Waals surface area (Å²) >= 11 is 1.17. The normalized spacial score (nSPS) is 22.8. The minimum atomic E-state index is -3.45. The third kappa shape index (κ3) is 5.50. The number of hydrogen-bond donors (Lipinski definition) is 4. The number of anilines is 1. The van der Waals surface area contributed by atoms with Crippen LogP contribution in [0.5, 0.6) is 5.75 Å². The van der Waals surface area contributed by atoms with E-state index in [2.05, 4.69) is 25.3 Å². The number of guanidine groups is 1. The van der Waals surface area contributed by atoms with E-state index in [-0.39, 0.29) is 29.1 Å². The highest BCUT2D eigenvalue weighted by Gasteiger charge is 2.58. The molecule has 40 heavy (non-hydrogen) atoms. The maximum absolute atomic E-state index is 12.9. The van der Waals surface area contributed by atoms with E-state index >= 15 is 0 Å². The number of carbonyl (C=O) groups excluding carboxylic acids is 2. The first kappa shape index (κ1) is 27.9. The molecule has 3 heterocycles. The Morgan fingerprint density at radius 1 is 1.15 bits per heavy atom. The summed E-state index contributed by atoms with van der Waals surface area (Å²) in [6.07, 6.45) is 2.59. The van der Waals surface area contributed by atoms with E-state index in [4.69, 9.17) is 4.99 Å². The van der Waals surface area contributed by atoms with Crippen LogP contribution in [0, 0.1) is 5.92 Å². The van der Waals surface area contributed by atoms with Gasteiger partial charge in [-0.1, -0.05) is 18.2 Å². The van der Waals surface area contributed by atoms with Gasteiger partial charge in [-0.3, -0.25) is 24.0 Å². The predicted molar refractivity (Wildman–Crippen MR) is 147 cm³/mol. The van der Waals surface area contributed by atoms with Gasteiger partial charge in [0, 0.05) is 18.0 Å². The Bertz CT molecular complexity index is 1430. The zero-order valence-corrected chi connectivity index (χ0v) is 23.0. The molecule has 2 unspecified atom stereocenters. The topological polar surface area (TPSA) is 149 Å². The lowest BCUT2D eigenvalue weighted by molar-refractivity contribution is -0.0500. The van der Waals surface area contributed by atoms with Gasteiger partial charge in [0.25, 0.3) is 11.8 Å². The van der Waals surface area contributed by atoms with Crippen molar-refractivity contribution in [2.24, 2.45) is 10.9 Å². The molecule has 0 bridgehead atoms. The second-order valence-corrected chi connectivity index (χ2v) is 12.5. The molecule has 2 aliphatic rings. The number of aliphatic imine (C=N–C) groups is 1. The van der Waals surface area contributed by atoms with Gasteiger partial charge in [-0.05, 0) is 49.9 Å². The Morgan fingerprint density at radius 2 is 1.88 bits per heavy atom.